The SMILES string of the molecule is CC1(C)Cc2cc(C(=O)N3CCC4(CCOCC4)C3)cnc2N1. The topological polar surface area (TPSA) is 54.5 Å². The Morgan fingerprint density at radius 3 is 2.87 bits per heavy atom. The Bertz CT molecular complexity index is 635. The van der Waals surface area contributed by atoms with Gasteiger partial charge in [0.2, 0.25) is 0 Å². The number of carbonyl (C=O) groups is 1. The zero-order valence-electron chi connectivity index (χ0n) is 14.0. The summed E-state index contributed by atoms with van der Waals surface area (Å²) < 4.78 is 5.49. The van der Waals surface area contributed by atoms with E-state index in [1.807, 2.05) is 11.0 Å². The van der Waals surface area contributed by atoms with Crippen molar-refractivity contribution >= 4 is 11.7 Å². The smallest absolute Gasteiger partial charge is 0.255 e. The Balaban J connectivity index is 1.50. The Morgan fingerprint density at radius 2 is 2.09 bits per heavy atom. The summed E-state index contributed by atoms with van der Waals surface area (Å²) in [6.07, 6.45) is 5.91. The highest BCUT2D eigenvalue weighted by Crippen LogP contribution is 2.40. The molecule has 1 amide bonds. The maximum Gasteiger partial charge on any atom is 0.255 e. The van der Waals surface area contributed by atoms with E-state index in [4.69, 9.17) is 4.74 Å². The van der Waals surface area contributed by atoms with E-state index in [1.54, 1.807) is 6.20 Å². The van der Waals surface area contributed by atoms with Gasteiger partial charge in [0.1, 0.15) is 5.82 Å². The molecule has 4 heterocycles. The Labute approximate surface area is 137 Å². The van der Waals surface area contributed by atoms with E-state index < -0.39 is 0 Å². The molecular weight excluding hydrogens is 290 g/mol. The van der Waals surface area contributed by atoms with Crippen LogP contribution >= 0.6 is 0 Å². The number of aromatic nitrogens is 1. The highest BCUT2D eigenvalue weighted by atomic mass is 16.5. The number of nitrogens with zero attached hydrogens (tertiary/aromatic N) is 2. The monoisotopic (exact) mass is 315 g/mol. The van der Waals surface area contributed by atoms with Crippen LogP contribution in [0.4, 0.5) is 5.82 Å². The van der Waals surface area contributed by atoms with Crippen molar-refractivity contribution in [2.24, 2.45) is 5.41 Å². The van der Waals surface area contributed by atoms with Crippen molar-refractivity contribution < 1.29 is 9.53 Å². The summed E-state index contributed by atoms with van der Waals surface area (Å²) in [5.74, 6) is 1.06. The number of anilines is 1. The third-order valence-corrected chi connectivity index (χ3v) is 5.58. The van der Waals surface area contributed by atoms with Gasteiger partial charge in [0.15, 0.2) is 0 Å². The molecule has 0 radical (unpaired) electrons. The first-order valence-corrected chi connectivity index (χ1v) is 8.61. The number of pyridine rings is 1. The highest BCUT2D eigenvalue weighted by Gasteiger charge is 2.41. The van der Waals surface area contributed by atoms with Gasteiger partial charge in [0, 0.05) is 38.0 Å². The van der Waals surface area contributed by atoms with E-state index in [0.717, 1.165) is 68.9 Å². The number of carbonyl (C=O) groups excluding carboxylic acids is 1. The molecule has 124 valence electrons. The molecule has 4 rings (SSSR count). The largest absolute Gasteiger partial charge is 0.381 e. The van der Waals surface area contributed by atoms with Crippen molar-refractivity contribution in [3.05, 3.63) is 23.4 Å². The first-order valence-electron chi connectivity index (χ1n) is 8.61. The fourth-order valence-electron chi connectivity index (χ4n) is 4.22. The zero-order chi connectivity index (χ0) is 16.1. The normalized spacial score (nSPS) is 24.5. The van der Waals surface area contributed by atoms with Gasteiger partial charge in [0.25, 0.3) is 5.91 Å². The maximum absolute atomic E-state index is 12.9. The lowest BCUT2D eigenvalue weighted by Crippen LogP contribution is -2.35. The molecule has 5 nitrogen and oxygen atoms in total. The van der Waals surface area contributed by atoms with E-state index in [0.29, 0.717) is 5.41 Å². The van der Waals surface area contributed by atoms with Crippen molar-refractivity contribution in [1.82, 2.24) is 9.88 Å². The van der Waals surface area contributed by atoms with E-state index in [2.05, 4.69) is 24.1 Å². The van der Waals surface area contributed by atoms with Crippen LogP contribution in [0.25, 0.3) is 0 Å². The summed E-state index contributed by atoms with van der Waals surface area (Å²) >= 11 is 0. The van der Waals surface area contributed by atoms with Crippen LogP contribution in [0.15, 0.2) is 12.3 Å². The van der Waals surface area contributed by atoms with Crippen molar-refractivity contribution in [2.45, 2.75) is 45.1 Å². The molecular formula is C18H25N3O2. The van der Waals surface area contributed by atoms with Gasteiger partial charge in [-0.1, -0.05) is 0 Å². The lowest BCUT2D eigenvalue weighted by Gasteiger charge is -2.33. The molecule has 3 aliphatic heterocycles. The zero-order valence-corrected chi connectivity index (χ0v) is 14.0. The van der Waals surface area contributed by atoms with Crippen LogP contribution in [-0.2, 0) is 11.2 Å². The van der Waals surface area contributed by atoms with Gasteiger partial charge in [-0.05, 0) is 56.6 Å². The van der Waals surface area contributed by atoms with Crippen LogP contribution in [0.1, 0.15) is 49.0 Å². The van der Waals surface area contributed by atoms with Gasteiger partial charge in [-0.3, -0.25) is 4.79 Å². The van der Waals surface area contributed by atoms with Gasteiger partial charge < -0.3 is 15.0 Å². The first-order chi connectivity index (χ1) is 11.0. The molecule has 0 atom stereocenters. The molecule has 0 saturated carbocycles. The number of likely N-dealkylation sites (tertiary alicyclic amines) is 1. The predicted molar refractivity (Wildman–Crippen MR) is 88.6 cm³/mol. The number of hydrogen-bond donors (Lipinski definition) is 1. The van der Waals surface area contributed by atoms with E-state index in [9.17, 15) is 4.79 Å². The average molecular weight is 315 g/mol. The van der Waals surface area contributed by atoms with E-state index >= 15 is 0 Å². The van der Waals surface area contributed by atoms with Gasteiger partial charge in [-0.15, -0.1) is 0 Å². The molecule has 1 aromatic rings. The molecule has 23 heavy (non-hydrogen) atoms. The molecule has 0 bridgehead atoms. The van der Waals surface area contributed by atoms with Gasteiger partial charge in [-0.25, -0.2) is 4.98 Å². The number of ether oxygens (including phenoxy) is 1. The third-order valence-electron chi connectivity index (χ3n) is 5.58. The summed E-state index contributed by atoms with van der Waals surface area (Å²) in [6.45, 7) is 7.72. The molecule has 0 aromatic carbocycles. The number of nitrogens with one attached hydrogen (secondary N) is 1. The summed E-state index contributed by atoms with van der Waals surface area (Å²) in [7, 11) is 0. The van der Waals surface area contributed by atoms with E-state index in [1.165, 1.54) is 0 Å². The van der Waals surface area contributed by atoms with Crippen LogP contribution in [0, 0.1) is 5.41 Å². The number of fused-ring (bicyclic) bond motifs is 1. The van der Waals surface area contributed by atoms with Crippen molar-refractivity contribution in [3.63, 3.8) is 0 Å². The van der Waals surface area contributed by atoms with E-state index in [-0.39, 0.29) is 11.4 Å². The standard InChI is InChI=1S/C18H25N3O2/c1-17(2)10-13-9-14(11-19-15(13)20-17)16(22)21-6-3-18(12-21)4-7-23-8-5-18/h9,11H,3-8,10,12H2,1-2H3,(H,19,20). The van der Waals surface area contributed by atoms with Crippen LogP contribution in [0.2, 0.25) is 0 Å². The Hall–Kier alpha value is -1.62. The second kappa shape index (κ2) is 5.20. The fraction of sp³-hybridized carbons (Fsp3) is 0.667. The first kappa shape index (κ1) is 14.9. The minimum atomic E-state index is 0.0246. The second-order valence-electron chi connectivity index (χ2n) is 8.01. The molecule has 2 fully saturated rings. The van der Waals surface area contributed by atoms with Crippen LogP contribution in [-0.4, -0.2) is 47.6 Å². The molecule has 1 spiro atoms. The summed E-state index contributed by atoms with van der Waals surface area (Å²) in [5.41, 5.74) is 2.20. The van der Waals surface area contributed by atoms with Gasteiger partial charge >= 0.3 is 0 Å². The number of amides is 1. The summed E-state index contributed by atoms with van der Waals surface area (Å²) in [5, 5.41) is 3.41. The quantitative estimate of drug-likeness (QED) is 0.865. The molecule has 5 heteroatoms. The molecule has 2 saturated heterocycles. The van der Waals surface area contributed by atoms with Crippen LogP contribution in [0.5, 0.6) is 0 Å². The molecule has 1 aromatic heterocycles. The van der Waals surface area contributed by atoms with Crippen LogP contribution < -0.4 is 5.32 Å². The molecule has 0 unspecified atom stereocenters. The average Bonchev–Trinajstić information content (AvgIpc) is 3.06. The fourth-order valence-corrected chi connectivity index (χ4v) is 4.22. The van der Waals surface area contributed by atoms with Gasteiger partial charge in [-0.2, -0.15) is 0 Å². The summed E-state index contributed by atoms with van der Waals surface area (Å²) in [4.78, 5) is 19.4. The molecule has 3 aliphatic rings. The molecule has 1 N–H and O–H groups in total. The minimum absolute atomic E-state index is 0.0246. The second-order valence-corrected chi connectivity index (χ2v) is 8.01. The lowest BCUT2D eigenvalue weighted by molar-refractivity contribution is 0.0191. The predicted octanol–water partition coefficient (Wildman–Crippen LogP) is 2.47. The third kappa shape index (κ3) is 2.71. The van der Waals surface area contributed by atoms with Crippen molar-refractivity contribution in [1.29, 1.82) is 0 Å². The van der Waals surface area contributed by atoms with Crippen LogP contribution in [0.3, 0.4) is 0 Å². The number of rotatable bonds is 1. The Morgan fingerprint density at radius 1 is 1.30 bits per heavy atom. The number of hydrogen-bond acceptors (Lipinski definition) is 4. The van der Waals surface area contributed by atoms with Crippen molar-refractivity contribution in [2.75, 3.05) is 31.6 Å². The Kier molecular flexibility index (Phi) is 3.38. The van der Waals surface area contributed by atoms with Gasteiger partial charge in [0.05, 0.1) is 5.56 Å². The lowest BCUT2D eigenvalue weighted by atomic mass is 9.80. The highest BCUT2D eigenvalue weighted by molar-refractivity contribution is 5.94. The minimum Gasteiger partial charge on any atom is -0.381 e. The molecule has 0 aliphatic carbocycles. The van der Waals surface area contributed by atoms with Crippen molar-refractivity contribution in [3.8, 4) is 0 Å². The maximum atomic E-state index is 12.9. The summed E-state index contributed by atoms with van der Waals surface area (Å²) in [6, 6.07) is 2.03.